The van der Waals surface area contributed by atoms with Crippen LogP contribution in [0.3, 0.4) is 0 Å². The molecule has 0 saturated heterocycles. The molecule has 0 bridgehead atoms. The van der Waals surface area contributed by atoms with Gasteiger partial charge in [-0.25, -0.2) is 0 Å². The zero-order valence-corrected chi connectivity index (χ0v) is 14.1. The molecule has 14 heavy (non-hydrogen) atoms. The Morgan fingerprint density at radius 3 is 2.57 bits per heavy atom. The van der Waals surface area contributed by atoms with E-state index >= 15 is 0 Å². The summed E-state index contributed by atoms with van der Waals surface area (Å²) in [5, 5.41) is 0. The van der Waals surface area contributed by atoms with Gasteiger partial charge in [-0.2, -0.15) is 0 Å². The van der Waals surface area contributed by atoms with Crippen LogP contribution in [-0.2, 0) is 4.74 Å². The number of halogens is 3. The third-order valence-corrected chi connectivity index (χ3v) is 9.19. The molecule has 0 atom stereocenters. The van der Waals surface area contributed by atoms with Crippen LogP contribution in [0.15, 0.2) is 16.5 Å². The number of furan rings is 1. The Balaban J connectivity index is 2.83. The summed E-state index contributed by atoms with van der Waals surface area (Å²) >= 11 is 10.4. The van der Waals surface area contributed by atoms with Crippen molar-refractivity contribution in [3.8, 4) is 0 Å². The number of carbonyl (C=O) groups excluding carboxylic acids is 1. The zero-order chi connectivity index (χ0) is 10.8. The van der Waals surface area contributed by atoms with Crippen molar-refractivity contribution in [2.45, 2.75) is 6.92 Å². The Morgan fingerprint density at radius 2 is 2.14 bits per heavy atom. The first-order chi connectivity index (χ1) is 6.45. The molecule has 0 saturated carbocycles. The van der Waals surface area contributed by atoms with Crippen LogP contribution >= 0.6 is 42.0 Å². The molecular weight excluding hydrogens is 444 g/mol. The zero-order valence-electron chi connectivity index (χ0n) is 7.22. The van der Waals surface area contributed by atoms with Gasteiger partial charge in [0.25, 0.3) is 0 Å². The second-order valence-corrected chi connectivity index (χ2v) is 40.6. The number of ether oxygens (including phenoxy) is 1. The van der Waals surface area contributed by atoms with Gasteiger partial charge in [-0.15, -0.1) is 0 Å². The van der Waals surface area contributed by atoms with E-state index in [4.69, 9.17) is 9.15 Å². The predicted octanol–water partition coefficient (Wildman–Crippen LogP) is 2.79. The van der Waals surface area contributed by atoms with Crippen molar-refractivity contribution >= 4 is 60.3 Å². The molecule has 1 heterocycles. The average molecular weight is 451 g/mol. The average Bonchev–Trinajstić information content (AvgIpc) is 2.51. The molecule has 78 valence electrons. The van der Waals surface area contributed by atoms with Crippen LogP contribution in [-0.4, -0.2) is 20.3 Å². The van der Waals surface area contributed by atoms with Gasteiger partial charge in [-0.3, -0.25) is 0 Å². The normalized spacial score (nSPS) is 11.4. The predicted molar refractivity (Wildman–Crippen MR) is 66.8 cm³/mol. The Labute approximate surface area is 105 Å². The maximum absolute atomic E-state index is 11.2. The van der Waals surface area contributed by atoms with Crippen LogP contribution < -0.4 is 4.59 Å². The summed E-state index contributed by atoms with van der Waals surface area (Å²) in [4.78, 5) is 11.2. The maximum atomic E-state index is 11.2. The minimum absolute atomic E-state index is 0.232. The summed E-state index contributed by atoms with van der Waals surface area (Å²) in [6.07, 6.45) is 0. The Kier molecular flexibility index (Phi) is 4.74. The van der Waals surface area contributed by atoms with E-state index in [1.165, 1.54) is 0 Å². The molecule has 0 spiro atoms. The summed E-state index contributed by atoms with van der Waals surface area (Å²) in [6.45, 7) is 2.10. The molecular formula is C7H7Br3GeO3. The van der Waals surface area contributed by atoms with Crippen molar-refractivity contribution in [2.24, 2.45) is 0 Å². The van der Waals surface area contributed by atoms with Gasteiger partial charge >= 0.3 is 106 Å². The molecule has 1 rings (SSSR count). The van der Waals surface area contributed by atoms with Gasteiger partial charge in [-0.1, -0.05) is 0 Å². The van der Waals surface area contributed by atoms with Gasteiger partial charge in [0.2, 0.25) is 0 Å². The summed E-state index contributed by atoms with van der Waals surface area (Å²) in [5.41, 5.74) is 0. The van der Waals surface area contributed by atoms with E-state index in [9.17, 15) is 4.79 Å². The molecule has 7 heteroatoms. The second kappa shape index (κ2) is 5.18. The van der Waals surface area contributed by atoms with Crippen LogP contribution in [0.1, 0.15) is 17.5 Å². The Hall–Kier alpha value is 0.733. The van der Waals surface area contributed by atoms with Crippen molar-refractivity contribution in [2.75, 3.05) is 6.61 Å². The standard InChI is InChI=1S/C7H7Br3GeO3/c1-2-13-7(12)5-3-4-6(14-5)11(8,9)10/h3-4H,2H2,1H3. The van der Waals surface area contributed by atoms with E-state index in [-0.39, 0.29) is 5.76 Å². The molecule has 0 aliphatic carbocycles. The van der Waals surface area contributed by atoms with Crippen LogP contribution in [0.5, 0.6) is 0 Å². The van der Waals surface area contributed by atoms with E-state index in [0.29, 0.717) is 6.61 Å². The van der Waals surface area contributed by atoms with Crippen molar-refractivity contribution in [3.05, 3.63) is 17.9 Å². The Morgan fingerprint density at radius 1 is 1.50 bits per heavy atom. The molecule has 1 aromatic rings. The van der Waals surface area contributed by atoms with E-state index < -0.39 is 13.7 Å². The third kappa shape index (κ3) is 3.39. The monoisotopic (exact) mass is 450 g/mol. The number of hydrogen-bond acceptors (Lipinski definition) is 3. The van der Waals surface area contributed by atoms with Crippen molar-refractivity contribution in [1.29, 1.82) is 0 Å². The van der Waals surface area contributed by atoms with Crippen LogP contribution in [0, 0.1) is 0 Å². The van der Waals surface area contributed by atoms with Gasteiger partial charge in [0.05, 0.1) is 0 Å². The number of rotatable bonds is 3. The summed E-state index contributed by atoms with van der Waals surface area (Å²) in [5.74, 6) is -0.201. The first-order valence-corrected chi connectivity index (χ1v) is 19.6. The molecule has 3 nitrogen and oxygen atoms in total. The van der Waals surface area contributed by atoms with E-state index in [2.05, 4.69) is 42.0 Å². The van der Waals surface area contributed by atoms with Gasteiger partial charge in [0, 0.05) is 0 Å². The quantitative estimate of drug-likeness (QED) is 0.524. The van der Waals surface area contributed by atoms with Crippen molar-refractivity contribution in [1.82, 2.24) is 0 Å². The fraction of sp³-hybridized carbons (Fsp3) is 0.286. The molecule has 0 unspecified atom stereocenters. The van der Waals surface area contributed by atoms with E-state index in [1.54, 1.807) is 19.1 Å². The molecule has 0 aliphatic rings. The molecule has 0 N–H and O–H groups in total. The molecule has 0 aromatic carbocycles. The fourth-order valence-electron chi connectivity index (χ4n) is 0.802. The summed E-state index contributed by atoms with van der Waals surface area (Å²) in [7, 11) is -2.50. The second-order valence-electron chi connectivity index (χ2n) is 2.38. The van der Waals surface area contributed by atoms with Crippen molar-refractivity contribution in [3.63, 3.8) is 0 Å². The minimum atomic E-state index is -2.50. The molecule has 0 fully saturated rings. The summed E-state index contributed by atoms with van der Waals surface area (Å²) < 4.78 is 10.9. The van der Waals surface area contributed by atoms with Gasteiger partial charge < -0.3 is 0 Å². The molecule has 0 aliphatic heterocycles. The van der Waals surface area contributed by atoms with Gasteiger partial charge in [-0.05, 0) is 0 Å². The third-order valence-electron chi connectivity index (χ3n) is 1.36. The molecule has 0 amide bonds. The van der Waals surface area contributed by atoms with E-state index in [0.717, 1.165) is 4.59 Å². The molecule has 1 aromatic heterocycles. The van der Waals surface area contributed by atoms with E-state index in [1.807, 2.05) is 0 Å². The molecule has 0 radical (unpaired) electrons. The van der Waals surface area contributed by atoms with Crippen molar-refractivity contribution < 1.29 is 13.9 Å². The fourth-order valence-corrected chi connectivity index (χ4v) is 5.17. The van der Waals surface area contributed by atoms with Gasteiger partial charge in [0.1, 0.15) is 0 Å². The van der Waals surface area contributed by atoms with Crippen LogP contribution in [0.4, 0.5) is 0 Å². The first-order valence-electron chi connectivity index (χ1n) is 3.79. The first kappa shape index (κ1) is 12.8. The number of carbonyl (C=O) groups is 1. The number of hydrogen-bond donors (Lipinski definition) is 0. The van der Waals surface area contributed by atoms with Crippen LogP contribution in [0.25, 0.3) is 0 Å². The SMILES string of the molecule is CCOC(=O)c1cc[c]([Ge]([Br])([Br])[Br])o1. The Bertz CT molecular complexity index is 331. The topological polar surface area (TPSA) is 39.4 Å². The van der Waals surface area contributed by atoms with Gasteiger partial charge in [0.15, 0.2) is 0 Å². The summed E-state index contributed by atoms with van der Waals surface area (Å²) in [6, 6.07) is 3.36. The number of esters is 1. The van der Waals surface area contributed by atoms with Crippen LogP contribution in [0.2, 0.25) is 0 Å².